The Balaban J connectivity index is 2.25. The fourth-order valence-corrected chi connectivity index (χ4v) is 4.05. The number of sulfonamides is 1. The molecule has 1 aliphatic carbocycles. The molecule has 3 unspecified atom stereocenters. The fourth-order valence-electron chi connectivity index (χ4n) is 2.21. The number of benzene rings is 1. The summed E-state index contributed by atoms with van der Waals surface area (Å²) >= 11 is 5.93. The van der Waals surface area contributed by atoms with Crippen LogP contribution in [-0.2, 0) is 14.8 Å². The molecule has 6 nitrogen and oxygen atoms in total. The summed E-state index contributed by atoms with van der Waals surface area (Å²) in [5.41, 5.74) is 6.05. The van der Waals surface area contributed by atoms with E-state index in [1.165, 1.54) is 18.2 Å². The molecule has 21 heavy (non-hydrogen) atoms. The van der Waals surface area contributed by atoms with Crippen molar-refractivity contribution in [2.75, 3.05) is 6.61 Å². The third-order valence-electron chi connectivity index (χ3n) is 3.39. The largest absolute Gasteiger partial charge is 0.377 e. The summed E-state index contributed by atoms with van der Waals surface area (Å²) in [6.45, 7) is 2.32. The van der Waals surface area contributed by atoms with E-state index < -0.39 is 16.1 Å². The highest BCUT2D eigenvalue weighted by molar-refractivity contribution is 7.89. The van der Waals surface area contributed by atoms with E-state index in [9.17, 15) is 8.42 Å². The van der Waals surface area contributed by atoms with Crippen LogP contribution in [0.4, 0.5) is 0 Å². The number of hydrogen-bond acceptors (Lipinski definition) is 5. The monoisotopic (exact) mass is 329 g/mol. The number of nitriles is 1. The minimum absolute atomic E-state index is 0.0577. The second kappa shape index (κ2) is 6.30. The first kappa shape index (κ1) is 16.2. The van der Waals surface area contributed by atoms with Crippen molar-refractivity contribution in [3.05, 3.63) is 28.8 Å². The van der Waals surface area contributed by atoms with Gasteiger partial charge in [0.25, 0.3) is 0 Å². The van der Waals surface area contributed by atoms with Crippen molar-refractivity contribution < 1.29 is 13.2 Å². The Morgan fingerprint density at radius 1 is 1.57 bits per heavy atom. The summed E-state index contributed by atoms with van der Waals surface area (Å²) < 4.78 is 32.7. The van der Waals surface area contributed by atoms with Gasteiger partial charge in [0.2, 0.25) is 10.0 Å². The van der Waals surface area contributed by atoms with Gasteiger partial charge in [-0.2, -0.15) is 5.26 Å². The predicted octanol–water partition coefficient (Wildman–Crippen LogP) is 0.995. The Morgan fingerprint density at radius 3 is 2.86 bits per heavy atom. The van der Waals surface area contributed by atoms with Crippen molar-refractivity contribution in [1.29, 1.82) is 5.26 Å². The van der Waals surface area contributed by atoms with Crippen LogP contribution in [0.2, 0.25) is 5.02 Å². The third-order valence-corrected chi connectivity index (χ3v) is 5.33. The highest BCUT2D eigenvalue weighted by Crippen LogP contribution is 2.27. The molecule has 8 heteroatoms. The summed E-state index contributed by atoms with van der Waals surface area (Å²) in [7, 11) is -3.86. The molecule has 0 amide bonds. The van der Waals surface area contributed by atoms with Gasteiger partial charge in [0.05, 0.1) is 28.8 Å². The topological polar surface area (TPSA) is 105 Å². The molecule has 0 radical (unpaired) electrons. The molecule has 0 bridgehead atoms. The van der Waals surface area contributed by atoms with Crippen LogP contribution in [0.3, 0.4) is 0 Å². The van der Waals surface area contributed by atoms with Crippen LogP contribution in [0.15, 0.2) is 23.1 Å². The minimum Gasteiger partial charge on any atom is -0.377 e. The summed E-state index contributed by atoms with van der Waals surface area (Å²) in [6.07, 6.45) is 0.366. The van der Waals surface area contributed by atoms with Crippen molar-refractivity contribution in [2.24, 2.45) is 5.73 Å². The maximum absolute atomic E-state index is 12.4. The maximum atomic E-state index is 12.4. The maximum Gasteiger partial charge on any atom is 0.242 e. The van der Waals surface area contributed by atoms with Gasteiger partial charge in [0.1, 0.15) is 4.90 Å². The van der Waals surface area contributed by atoms with Gasteiger partial charge in [-0.3, -0.25) is 0 Å². The van der Waals surface area contributed by atoms with Gasteiger partial charge in [0.15, 0.2) is 0 Å². The first-order chi connectivity index (χ1) is 9.89. The molecule has 0 aromatic heterocycles. The van der Waals surface area contributed by atoms with E-state index in [4.69, 9.17) is 27.3 Å². The zero-order valence-corrected chi connectivity index (χ0v) is 13.0. The van der Waals surface area contributed by atoms with Crippen molar-refractivity contribution in [3.63, 3.8) is 0 Å². The van der Waals surface area contributed by atoms with Crippen molar-refractivity contribution >= 4 is 21.6 Å². The molecule has 0 spiro atoms. The summed E-state index contributed by atoms with van der Waals surface area (Å²) in [6, 6.07) is 5.18. The highest BCUT2D eigenvalue weighted by Gasteiger charge is 2.42. The van der Waals surface area contributed by atoms with Crippen LogP contribution in [0.1, 0.15) is 18.9 Å². The average Bonchev–Trinajstić information content (AvgIpc) is 2.45. The number of hydrogen-bond donors (Lipinski definition) is 2. The minimum atomic E-state index is -3.86. The third kappa shape index (κ3) is 3.36. The predicted molar refractivity (Wildman–Crippen MR) is 78.3 cm³/mol. The zero-order valence-electron chi connectivity index (χ0n) is 11.4. The normalized spacial score (nSPS) is 25.1. The van der Waals surface area contributed by atoms with E-state index in [0.717, 1.165) is 0 Å². The lowest BCUT2D eigenvalue weighted by Gasteiger charge is -2.42. The van der Waals surface area contributed by atoms with E-state index >= 15 is 0 Å². The van der Waals surface area contributed by atoms with E-state index in [-0.39, 0.29) is 27.6 Å². The zero-order chi connectivity index (χ0) is 15.6. The molecule has 1 saturated carbocycles. The number of nitrogens with two attached hydrogens (primary N) is 1. The standard InChI is InChI=1S/C13H16ClN3O3S/c1-2-20-11-6-10(16)13(11)17-21(18,19)12-5-8(7-15)3-4-9(12)14/h3-5,10-11,13,17H,2,6,16H2,1H3. The fraction of sp³-hybridized carbons (Fsp3) is 0.462. The van der Waals surface area contributed by atoms with Crippen LogP contribution >= 0.6 is 11.6 Å². The Hall–Kier alpha value is -1.17. The van der Waals surface area contributed by atoms with Gasteiger partial charge in [-0.1, -0.05) is 11.6 Å². The van der Waals surface area contributed by atoms with E-state index in [1.807, 2.05) is 13.0 Å². The molecule has 1 aromatic rings. The molecule has 0 heterocycles. The molecule has 3 N–H and O–H groups in total. The van der Waals surface area contributed by atoms with Gasteiger partial charge in [-0.15, -0.1) is 0 Å². The Labute approximate surface area is 128 Å². The molecular formula is C13H16ClN3O3S. The Kier molecular flexibility index (Phi) is 4.86. The van der Waals surface area contributed by atoms with Crippen molar-refractivity contribution in [1.82, 2.24) is 4.72 Å². The lowest BCUT2D eigenvalue weighted by atomic mass is 9.84. The molecule has 114 valence electrons. The molecule has 0 aliphatic heterocycles. The molecule has 1 fully saturated rings. The number of halogens is 1. The number of rotatable bonds is 5. The van der Waals surface area contributed by atoms with Crippen LogP contribution < -0.4 is 10.5 Å². The van der Waals surface area contributed by atoms with Gasteiger partial charge in [-0.25, -0.2) is 13.1 Å². The number of ether oxygens (including phenoxy) is 1. The Morgan fingerprint density at radius 2 is 2.29 bits per heavy atom. The van der Waals surface area contributed by atoms with E-state index in [1.54, 1.807) is 0 Å². The van der Waals surface area contributed by atoms with Crippen molar-refractivity contribution in [2.45, 2.75) is 36.4 Å². The summed E-state index contributed by atoms with van der Waals surface area (Å²) in [5.74, 6) is 0. The van der Waals surface area contributed by atoms with Gasteiger partial charge in [-0.05, 0) is 31.5 Å². The molecule has 2 rings (SSSR count). The van der Waals surface area contributed by atoms with E-state index in [0.29, 0.717) is 13.0 Å². The molecule has 3 atom stereocenters. The first-order valence-corrected chi connectivity index (χ1v) is 8.34. The van der Waals surface area contributed by atoms with Crippen molar-refractivity contribution in [3.8, 4) is 6.07 Å². The highest BCUT2D eigenvalue weighted by atomic mass is 35.5. The van der Waals surface area contributed by atoms with Crippen LogP contribution in [0.5, 0.6) is 0 Å². The lowest BCUT2D eigenvalue weighted by Crippen LogP contribution is -2.64. The lowest BCUT2D eigenvalue weighted by molar-refractivity contribution is -0.0248. The molecule has 0 saturated heterocycles. The van der Waals surface area contributed by atoms with Crippen LogP contribution in [0, 0.1) is 11.3 Å². The van der Waals surface area contributed by atoms with Gasteiger partial charge < -0.3 is 10.5 Å². The SMILES string of the molecule is CCOC1CC(N)C1NS(=O)(=O)c1cc(C#N)ccc1Cl. The quantitative estimate of drug-likeness (QED) is 0.838. The molecule has 1 aromatic carbocycles. The molecular weight excluding hydrogens is 314 g/mol. The smallest absolute Gasteiger partial charge is 0.242 e. The first-order valence-electron chi connectivity index (χ1n) is 6.48. The van der Waals surface area contributed by atoms with Crippen LogP contribution in [0.25, 0.3) is 0 Å². The van der Waals surface area contributed by atoms with Gasteiger partial charge >= 0.3 is 0 Å². The average molecular weight is 330 g/mol. The Bertz CT molecular complexity index is 670. The van der Waals surface area contributed by atoms with Gasteiger partial charge in [0, 0.05) is 12.6 Å². The van der Waals surface area contributed by atoms with E-state index in [2.05, 4.69) is 4.72 Å². The second-order valence-corrected chi connectivity index (χ2v) is 6.89. The summed E-state index contributed by atoms with van der Waals surface area (Å²) in [5, 5.41) is 8.92. The second-order valence-electron chi connectivity index (χ2n) is 4.80. The molecule has 1 aliphatic rings. The summed E-state index contributed by atoms with van der Waals surface area (Å²) in [4.78, 5) is -0.127. The number of nitrogens with zero attached hydrogens (tertiary/aromatic N) is 1. The van der Waals surface area contributed by atoms with Crippen LogP contribution in [-0.4, -0.2) is 33.2 Å². The number of nitrogens with one attached hydrogen (secondary N) is 1.